The monoisotopic (exact) mass is 327 g/mol. The van der Waals surface area contributed by atoms with Crippen LogP contribution in [0.3, 0.4) is 0 Å². The highest BCUT2D eigenvalue weighted by Crippen LogP contribution is 2.23. The lowest BCUT2D eigenvalue weighted by Gasteiger charge is -2.12. The molecular weight excluding hydrogens is 313 g/mol. The number of hydrogen-bond acceptors (Lipinski definition) is 3. The molecule has 0 atom stereocenters. The number of aromatic nitrogens is 3. The van der Waals surface area contributed by atoms with Gasteiger partial charge in [0.05, 0.1) is 0 Å². The fourth-order valence-electron chi connectivity index (χ4n) is 1.74. The molecule has 1 aromatic carbocycles. The summed E-state index contributed by atoms with van der Waals surface area (Å²) in [7, 11) is 0. The number of alkyl halides is 1. The molecule has 0 aliphatic carbocycles. The normalized spacial score (nSPS) is 11.0. The minimum absolute atomic E-state index is 0.227. The first-order valence-corrected chi connectivity index (χ1v) is 7.09. The van der Waals surface area contributed by atoms with Crippen LogP contribution in [0.1, 0.15) is 31.3 Å². The number of hydrogen-bond donors (Lipinski definition) is 0. The van der Waals surface area contributed by atoms with E-state index in [0.717, 1.165) is 11.4 Å². The highest BCUT2D eigenvalue weighted by molar-refractivity contribution is 9.08. The lowest BCUT2D eigenvalue weighted by atomic mass is 10.2. The van der Waals surface area contributed by atoms with E-state index in [1.807, 2.05) is 13.8 Å². The van der Waals surface area contributed by atoms with E-state index in [1.54, 1.807) is 10.7 Å². The van der Waals surface area contributed by atoms with E-state index in [1.165, 1.54) is 18.5 Å². The minimum Gasteiger partial charge on any atom is -0.485 e. The van der Waals surface area contributed by atoms with Crippen LogP contribution in [-0.4, -0.2) is 14.8 Å². The second-order valence-corrected chi connectivity index (χ2v) is 4.95. The third-order valence-corrected chi connectivity index (χ3v) is 3.26. The average molecular weight is 328 g/mol. The zero-order valence-electron chi connectivity index (χ0n) is 10.8. The van der Waals surface area contributed by atoms with Crippen LogP contribution in [0, 0.1) is 5.82 Å². The summed E-state index contributed by atoms with van der Waals surface area (Å²) >= 11 is 3.32. The minimum atomic E-state index is -0.271. The van der Waals surface area contributed by atoms with Crippen molar-refractivity contribution >= 4 is 15.9 Å². The maximum atomic E-state index is 13.1. The van der Waals surface area contributed by atoms with Crippen molar-refractivity contribution in [2.24, 2.45) is 0 Å². The Labute approximate surface area is 119 Å². The molecule has 1 aromatic heterocycles. The van der Waals surface area contributed by atoms with E-state index in [4.69, 9.17) is 4.74 Å². The van der Waals surface area contributed by atoms with E-state index >= 15 is 0 Å². The van der Waals surface area contributed by atoms with Crippen LogP contribution < -0.4 is 4.74 Å². The molecule has 4 nitrogen and oxygen atoms in total. The van der Waals surface area contributed by atoms with Crippen molar-refractivity contribution in [1.82, 2.24) is 14.8 Å². The fourth-order valence-corrected chi connectivity index (χ4v) is 2.18. The van der Waals surface area contributed by atoms with Gasteiger partial charge in [0.25, 0.3) is 0 Å². The van der Waals surface area contributed by atoms with Crippen LogP contribution >= 0.6 is 15.9 Å². The molecule has 0 N–H and O–H groups in total. The molecule has 0 radical (unpaired) electrons. The molecule has 2 aromatic rings. The quantitative estimate of drug-likeness (QED) is 0.789. The molecular formula is C13H15BrFN3O. The maximum Gasteiger partial charge on any atom is 0.165 e. The van der Waals surface area contributed by atoms with Crippen LogP contribution in [0.4, 0.5) is 4.39 Å². The maximum absolute atomic E-state index is 13.1. The molecule has 0 saturated carbocycles. The third kappa shape index (κ3) is 3.32. The van der Waals surface area contributed by atoms with Crippen LogP contribution in [0.25, 0.3) is 0 Å². The van der Waals surface area contributed by atoms with Gasteiger partial charge in [-0.1, -0.05) is 15.9 Å². The molecule has 102 valence electrons. The van der Waals surface area contributed by atoms with E-state index in [0.29, 0.717) is 17.7 Å². The Bertz CT molecular complexity index is 557. The number of ether oxygens (including phenoxy) is 1. The van der Waals surface area contributed by atoms with Crippen molar-refractivity contribution in [2.75, 3.05) is 0 Å². The zero-order chi connectivity index (χ0) is 13.8. The number of rotatable bonds is 5. The predicted octanol–water partition coefficient (Wildman–Crippen LogP) is 3.47. The van der Waals surface area contributed by atoms with E-state index in [9.17, 15) is 4.39 Å². The van der Waals surface area contributed by atoms with Gasteiger partial charge in [-0.15, -0.1) is 0 Å². The van der Waals surface area contributed by atoms with Gasteiger partial charge >= 0.3 is 0 Å². The zero-order valence-corrected chi connectivity index (χ0v) is 12.4. The number of nitrogens with zero attached hydrogens (tertiary/aromatic N) is 3. The van der Waals surface area contributed by atoms with Crippen molar-refractivity contribution in [2.45, 2.75) is 31.8 Å². The van der Waals surface area contributed by atoms with Crippen LogP contribution in [-0.2, 0) is 11.9 Å². The van der Waals surface area contributed by atoms with Crippen molar-refractivity contribution < 1.29 is 9.13 Å². The third-order valence-electron chi connectivity index (χ3n) is 2.66. The lowest BCUT2D eigenvalue weighted by Crippen LogP contribution is -2.11. The van der Waals surface area contributed by atoms with Crippen molar-refractivity contribution in [1.29, 1.82) is 0 Å². The first kappa shape index (κ1) is 14.0. The summed E-state index contributed by atoms with van der Waals surface area (Å²) in [5, 5.41) is 4.68. The van der Waals surface area contributed by atoms with Crippen molar-refractivity contribution in [3.8, 4) is 5.75 Å². The lowest BCUT2D eigenvalue weighted by molar-refractivity contribution is 0.280. The van der Waals surface area contributed by atoms with Crippen LogP contribution in [0.2, 0.25) is 0 Å². The van der Waals surface area contributed by atoms with Gasteiger partial charge in [0.1, 0.15) is 24.5 Å². The summed E-state index contributed by atoms with van der Waals surface area (Å²) in [5.41, 5.74) is 0.774. The van der Waals surface area contributed by atoms with Crippen molar-refractivity contribution in [3.05, 3.63) is 41.7 Å². The Morgan fingerprint density at radius 3 is 2.89 bits per heavy atom. The van der Waals surface area contributed by atoms with Gasteiger partial charge in [-0.25, -0.2) is 14.1 Å². The summed E-state index contributed by atoms with van der Waals surface area (Å²) in [5.74, 6) is 1.13. The summed E-state index contributed by atoms with van der Waals surface area (Å²) in [6.45, 7) is 4.36. The van der Waals surface area contributed by atoms with Crippen LogP contribution in [0.15, 0.2) is 24.5 Å². The second-order valence-electron chi connectivity index (χ2n) is 4.39. The largest absolute Gasteiger partial charge is 0.485 e. The summed E-state index contributed by atoms with van der Waals surface area (Å²) in [6, 6.07) is 4.69. The molecule has 0 aliphatic heterocycles. The van der Waals surface area contributed by atoms with Gasteiger partial charge < -0.3 is 4.74 Å². The molecule has 1 heterocycles. The Morgan fingerprint density at radius 2 is 2.21 bits per heavy atom. The van der Waals surface area contributed by atoms with Gasteiger partial charge in [0, 0.05) is 16.9 Å². The Balaban J connectivity index is 2.12. The van der Waals surface area contributed by atoms with Gasteiger partial charge in [-0.05, 0) is 32.0 Å². The molecule has 0 fully saturated rings. The fraction of sp³-hybridized carbons (Fsp3) is 0.385. The van der Waals surface area contributed by atoms with Crippen LogP contribution in [0.5, 0.6) is 5.75 Å². The first-order chi connectivity index (χ1) is 9.11. The Hall–Kier alpha value is -1.43. The van der Waals surface area contributed by atoms with E-state index in [2.05, 4.69) is 26.0 Å². The molecule has 2 rings (SSSR count). The van der Waals surface area contributed by atoms with Crippen molar-refractivity contribution in [3.63, 3.8) is 0 Å². The summed E-state index contributed by atoms with van der Waals surface area (Å²) < 4.78 is 20.6. The van der Waals surface area contributed by atoms with Gasteiger partial charge in [-0.3, -0.25) is 0 Å². The smallest absolute Gasteiger partial charge is 0.165 e. The molecule has 6 heteroatoms. The molecule has 0 saturated heterocycles. The summed E-state index contributed by atoms with van der Waals surface area (Å²) in [4.78, 5) is 4.17. The van der Waals surface area contributed by atoms with Gasteiger partial charge in [0.2, 0.25) is 0 Å². The summed E-state index contributed by atoms with van der Waals surface area (Å²) in [6.07, 6.45) is 1.51. The van der Waals surface area contributed by atoms with E-state index in [-0.39, 0.29) is 11.9 Å². The Kier molecular flexibility index (Phi) is 4.52. The standard InChI is InChI=1S/C13H15BrFN3O/c1-9(2)18-13(16-8-17-18)7-19-12-4-3-11(15)5-10(12)6-14/h3-5,8-9H,6-7H2,1-2H3. The average Bonchev–Trinajstić information content (AvgIpc) is 2.85. The molecule has 0 amide bonds. The highest BCUT2D eigenvalue weighted by atomic mass is 79.9. The molecule has 0 aliphatic rings. The molecule has 0 unspecified atom stereocenters. The Morgan fingerprint density at radius 1 is 1.42 bits per heavy atom. The van der Waals surface area contributed by atoms with E-state index < -0.39 is 0 Å². The topological polar surface area (TPSA) is 39.9 Å². The second kappa shape index (κ2) is 6.14. The SMILES string of the molecule is CC(C)n1ncnc1COc1ccc(F)cc1CBr. The molecule has 19 heavy (non-hydrogen) atoms. The molecule has 0 spiro atoms. The highest BCUT2D eigenvalue weighted by Gasteiger charge is 2.10. The number of halogens is 2. The molecule has 0 bridgehead atoms. The van der Waals surface area contributed by atoms with Gasteiger partial charge in [0.15, 0.2) is 5.82 Å². The predicted molar refractivity (Wildman–Crippen MR) is 73.8 cm³/mol. The first-order valence-electron chi connectivity index (χ1n) is 5.97. The number of benzene rings is 1. The van der Waals surface area contributed by atoms with Gasteiger partial charge in [-0.2, -0.15) is 5.10 Å².